The van der Waals surface area contributed by atoms with Crippen LogP contribution in [0.3, 0.4) is 0 Å². The number of hydrogen-bond acceptors (Lipinski definition) is 4. The smallest absolute Gasteiger partial charge is 0.191 e. The van der Waals surface area contributed by atoms with Gasteiger partial charge in [-0.1, -0.05) is 18.2 Å². The van der Waals surface area contributed by atoms with Gasteiger partial charge in [0.1, 0.15) is 18.1 Å². The Balaban J connectivity index is 0.00000392. The van der Waals surface area contributed by atoms with Gasteiger partial charge in [-0.25, -0.2) is 0 Å². The molecule has 0 amide bonds. The second kappa shape index (κ2) is 15.2. The Morgan fingerprint density at radius 3 is 2.71 bits per heavy atom. The molecule has 0 atom stereocenters. The summed E-state index contributed by atoms with van der Waals surface area (Å²) in [5, 5.41) is 6.65. The van der Waals surface area contributed by atoms with Gasteiger partial charge in [-0.3, -0.25) is 4.99 Å². The molecule has 2 N–H and O–H groups in total. The number of hydrogen-bond donors (Lipinski definition) is 2. The second-order valence-electron chi connectivity index (χ2n) is 5.96. The van der Waals surface area contributed by atoms with Crippen molar-refractivity contribution in [1.82, 2.24) is 10.6 Å². The van der Waals surface area contributed by atoms with Gasteiger partial charge in [0, 0.05) is 26.2 Å². The topological polar surface area (TPSA) is 68.0 Å². The average Bonchev–Trinajstić information content (AvgIpc) is 3.19. The lowest BCUT2D eigenvalue weighted by molar-refractivity contribution is 0.105. The van der Waals surface area contributed by atoms with E-state index in [1.54, 1.807) is 6.26 Å². The SMILES string of the molecule is CCNC(=NCCCOCc1ccco1)NCCc1ccccc1OCC.I. The van der Waals surface area contributed by atoms with E-state index in [-0.39, 0.29) is 24.0 Å². The highest BCUT2D eigenvalue weighted by Gasteiger charge is 2.03. The van der Waals surface area contributed by atoms with E-state index < -0.39 is 0 Å². The Morgan fingerprint density at radius 1 is 1.11 bits per heavy atom. The highest BCUT2D eigenvalue weighted by Crippen LogP contribution is 2.17. The predicted molar refractivity (Wildman–Crippen MR) is 124 cm³/mol. The normalized spacial score (nSPS) is 11.0. The molecular formula is C21H32IN3O3. The van der Waals surface area contributed by atoms with Crippen molar-refractivity contribution in [3.63, 3.8) is 0 Å². The van der Waals surface area contributed by atoms with E-state index in [2.05, 4.69) is 28.6 Å². The largest absolute Gasteiger partial charge is 0.494 e. The third-order valence-electron chi connectivity index (χ3n) is 3.84. The summed E-state index contributed by atoms with van der Waals surface area (Å²) in [5.41, 5.74) is 1.20. The Hall–Kier alpha value is -1.74. The van der Waals surface area contributed by atoms with Gasteiger partial charge < -0.3 is 24.5 Å². The van der Waals surface area contributed by atoms with E-state index in [9.17, 15) is 0 Å². The maximum Gasteiger partial charge on any atom is 0.191 e. The summed E-state index contributed by atoms with van der Waals surface area (Å²) in [4.78, 5) is 4.60. The lowest BCUT2D eigenvalue weighted by atomic mass is 10.1. The number of aliphatic imine (C=N–C) groups is 1. The van der Waals surface area contributed by atoms with E-state index in [1.807, 2.05) is 37.3 Å². The van der Waals surface area contributed by atoms with Gasteiger partial charge in [-0.15, -0.1) is 24.0 Å². The van der Waals surface area contributed by atoms with E-state index in [1.165, 1.54) is 5.56 Å². The van der Waals surface area contributed by atoms with E-state index in [4.69, 9.17) is 13.9 Å². The highest BCUT2D eigenvalue weighted by molar-refractivity contribution is 14.0. The summed E-state index contributed by atoms with van der Waals surface area (Å²) >= 11 is 0. The van der Waals surface area contributed by atoms with Crippen LogP contribution in [0, 0.1) is 0 Å². The van der Waals surface area contributed by atoms with Crippen molar-refractivity contribution in [3.05, 3.63) is 54.0 Å². The molecular weight excluding hydrogens is 469 g/mol. The van der Waals surface area contributed by atoms with Gasteiger partial charge >= 0.3 is 0 Å². The molecule has 7 heteroatoms. The monoisotopic (exact) mass is 501 g/mol. The van der Waals surface area contributed by atoms with Crippen molar-refractivity contribution in [3.8, 4) is 5.75 Å². The molecule has 0 spiro atoms. The second-order valence-corrected chi connectivity index (χ2v) is 5.96. The lowest BCUT2D eigenvalue weighted by Gasteiger charge is -2.13. The van der Waals surface area contributed by atoms with E-state index >= 15 is 0 Å². The highest BCUT2D eigenvalue weighted by atomic mass is 127. The minimum absolute atomic E-state index is 0. The molecule has 2 aromatic rings. The number of nitrogens with zero attached hydrogens (tertiary/aromatic N) is 1. The van der Waals surface area contributed by atoms with Crippen LogP contribution in [0.5, 0.6) is 5.75 Å². The summed E-state index contributed by atoms with van der Waals surface area (Å²) in [7, 11) is 0. The molecule has 2 rings (SSSR count). The fourth-order valence-corrected chi connectivity index (χ4v) is 2.59. The van der Waals surface area contributed by atoms with Crippen LogP contribution in [-0.4, -0.2) is 38.8 Å². The third kappa shape index (κ3) is 9.45. The molecule has 0 bridgehead atoms. The summed E-state index contributed by atoms with van der Waals surface area (Å²) in [5.74, 6) is 2.63. The summed E-state index contributed by atoms with van der Waals surface area (Å²) in [6.45, 7) is 8.25. The van der Waals surface area contributed by atoms with Gasteiger partial charge in [0.25, 0.3) is 0 Å². The Labute approximate surface area is 185 Å². The first-order chi connectivity index (χ1) is 13.3. The molecule has 1 heterocycles. The van der Waals surface area contributed by atoms with Crippen molar-refractivity contribution in [2.75, 3.05) is 32.8 Å². The fraction of sp³-hybridized carbons (Fsp3) is 0.476. The lowest BCUT2D eigenvalue weighted by Crippen LogP contribution is -2.38. The third-order valence-corrected chi connectivity index (χ3v) is 3.84. The van der Waals surface area contributed by atoms with Gasteiger partial charge in [-0.2, -0.15) is 0 Å². The van der Waals surface area contributed by atoms with Crippen molar-refractivity contribution < 1.29 is 13.9 Å². The molecule has 1 aromatic heterocycles. The van der Waals surface area contributed by atoms with Gasteiger partial charge in [-0.05, 0) is 50.5 Å². The summed E-state index contributed by atoms with van der Waals surface area (Å²) in [6, 6.07) is 11.9. The van der Waals surface area contributed by atoms with Crippen LogP contribution in [0.4, 0.5) is 0 Å². The van der Waals surface area contributed by atoms with Crippen molar-refractivity contribution in [1.29, 1.82) is 0 Å². The van der Waals surface area contributed by atoms with Crippen LogP contribution in [0.2, 0.25) is 0 Å². The van der Waals surface area contributed by atoms with Crippen molar-refractivity contribution in [2.24, 2.45) is 4.99 Å². The number of nitrogens with one attached hydrogen (secondary N) is 2. The van der Waals surface area contributed by atoms with Crippen LogP contribution in [0.15, 0.2) is 52.1 Å². The van der Waals surface area contributed by atoms with Gasteiger partial charge in [0.15, 0.2) is 5.96 Å². The number of halogens is 1. The van der Waals surface area contributed by atoms with Crippen LogP contribution in [-0.2, 0) is 17.8 Å². The molecule has 0 aliphatic carbocycles. The summed E-state index contributed by atoms with van der Waals surface area (Å²) < 4.78 is 16.5. The Morgan fingerprint density at radius 2 is 1.96 bits per heavy atom. The van der Waals surface area contributed by atoms with Crippen LogP contribution < -0.4 is 15.4 Å². The van der Waals surface area contributed by atoms with E-state index in [0.29, 0.717) is 26.4 Å². The quantitative estimate of drug-likeness (QED) is 0.199. The zero-order valence-corrected chi connectivity index (χ0v) is 19.1. The molecule has 0 saturated carbocycles. The molecule has 1 aromatic carbocycles. The average molecular weight is 501 g/mol. The van der Waals surface area contributed by atoms with Crippen LogP contribution in [0.25, 0.3) is 0 Å². The molecule has 0 aliphatic rings. The molecule has 156 valence electrons. The first-order valence-electron chi connectivity index (χ1n) is 9.66. The van der Waals surface area contributed by atoms with Crippen LogP contribution in [0.1, 0.15) is 31.6 Å². The number of guanidine groups is 1. The predicted octanol–water partition coefficient (Wildman–Crippen LogP) is 4.00. The molecule has 0 unspecified atom stereocenters. The number of ether oxygens (including phenoxy) is 2. The van der Waals surface area contributed by atoms with Crippen LogP contribution >= 0.6 is 24.0 Å². The minimum Gasteiger partial charge on any atom is -0.494 e. The number of benzene rings is 1. The molecule has 6 nitrogen and oxygen atoms in total. The Kier molecular flexibility index (Phi) is 13.2. The first kappa shape index (κ1) is 24.3. The minimum atomic E-state index is 0. The number of para-hydroxylation sites is 1. The van der Waals surface area contributed by atoms with E-state index in [0.717, 1.165) is 43.4 Å². The zero-order chi connectivity index (χ0) is 19.2. The molecule has 0 fully saturated rings. The first-order valence-corrected chi connectivity index (χ1v) is 9.66. The van der Waals surface area contributed by atoms with Gasteiger partial charge in [0.2, 0.25) is 0 Å². The fourth-order valence-electron chi connectivity index (χ4n) is 2.59. The van der Waals surface area contributed by atoms with Gasteiger partial charge in [0.05, 0.1) is 12.9 Å². The standard InChI is InChI=1S/C21H31N3O3.HI/c1-3-22-21(23-13-8-15-25-17-19-10-7-16-27-19)24-14-12-18-9-5-6-11-20(18)26-4-2;/h5-7,9-11,16H,3-4,8,12-15,17H2,1-2H3,(H2,22,23,24);1H. The van der Waals surface area contributed by atoms with Crippen molar-refractivity contribution in [2.45, 2.75) is 33.3 Å². The number of furan rings is 1. The Bertz CT molecular complexity index is 663. The van der Waals surface area contributed by atoms with Crippen molar-refractivity contribution >= 4 is 29.9 Å². The maximum atomic E-state index is 5.68. The molecule has 0 saturated heterocycles. The molecule has 0 radical (unpaired) electrons. The zero-order valence-electron chi connectivity index (χ0n) is 16.8. The molecule has 28 heavy (non-hydrogen) atoms. The number of rotatable bonds is 12. The maximum absolute atomic E-state index is 5.68. The molecule has 0 aliphatic heterocycles. The summed E-state index contributed by atoms with van der Waals surface area (Å²) in [6.07, 6.45) is 3.40.